The second-order valence-electron chi connectivity index (χ2n) is 9.77. The lowest BCUT2D eigenvalue weighted by molar-refractivity contribution is 0.446. The molecule has 0 radical (unpaired) electrons. The zero-order valence-electron chi connectivity index (χ0n) is 18.5. The van der Waals surface area contributed by atoms with Crippen LogP contribution in [0.25, 0.3) is 10.8 Å². The molecule has 0 aliphatic heterocycles. The van der Waals surface area contributed by atoms with E-state index in [0.29, 0.717) is 17.0 Å². The second kappa shape index (κ2) is 7.22. The molecule has 0 saturated carbocycles. The number of phenolic OH excluding ortho intramolecular Hbond substituents is 2. The second-order valence-corrected chi connectivity index (χ2v) is 9.77. The molecule has 3 aromatic rings. The number of benzene rings is 3. The van der Waals surface area contributed by atoms with Crippen LogP contribution in [0, 0.1) is 0 Å². The van der Waals surface area contributed by atoms with Crippen LogP contribution in [0.2, 0.25) is 0 Å². The van der Waals surface area contributed by atoms with E-state index in [9.17, 15) is 10.2 Å². The fourth-order valence-corrected chi connectivity index (χ4v) is 3.50. The highest BCUT2D eigenvalue weighted by Crippen LogP contribution is 2.42. The Balaban J connectivity index is 2.20. The lowest BCUT2D eigenvalue weighted by atomic mass is 9.80. The van der Waals surface area contributed by atoms with E-state index in [4.69, 9.17) is 4.99 Å². The number of phenols is 2. The van der Waals surface area contributed by atoms with Gasteiger partial charge in [0.2, 0.25) is 0 Å². The monoisotopic (exact) mass is 389 g/mol. The van der Waals surface area contributed by atoms with Gasteiger partial charge in [0.25, 0.3) is 0 Å². The topological polar surface area (TPSA) is 52.8 Å². The zero-order valence-corrected chi connectivity index (χ0v) is 18.5. The van der Waals surface area contributed by atoms with Crippen LogP contribution in [-0.4, -0.2) is 15.9 Å². The normalized spacial score (nSPS) is 13.1. The third-order valence-corrected chi connectivity index (χ3v) is 5.34. The lowest BCUT2D eigenvalue weighted by Crippen LogP contribution is -2.16. The molecule has 0 aromatic heterocycles. The highest BCUT2D eigenvalue weighted by molar-refractivity contribution is 6.07. The Morgan fingerprint density at radius 3 is 2.07 bits per heavy atom. The van der Waals surface area contributed by atoms with Crippen LogP contribution in [0.15, 0.2) is 53.5 Å². The van der Waals surface area contributed by atoms with E-state index in [0.717, 1.165) is 21.9 Å². The predicted molar refractivity (Wildman–Crippen MR) is 123 cm³/mol. The van der Waals surface area contributed by atoms with E-state index in [2.05, 4.69) is 47.6 Å². The summed E-state index contributed by atoms with van der Waals surface area (Å²) in [5, 5.41) is 23.5. The molecule has 0 fully saturated rings. The first-order valence-corrected chi connectivity index (χ1v) is 10.0. The number of hydrogen-bond donors (Lipinski definition) is 2. The Hall–Kier alpha value is -2.81. The van der Waals surface area contributed by atoms with E-state index in [1.807, 2.05) is 49.4 Å². The van der Waals surface area contributed by atoms with Crippen molar-refractivity contribution in [2.75, 3.05) is 0 Å². The molecular formula is C26H31NO2. The molecule has 0 aliphatic carbocycles. The molecule has 2 N–H and O–H groups in total. The van der Waals surface area contributed by atoms with E-state index < -0.39 is 0 Å². The molecule has 0 saturated heterocycles. The molecule has 0 heterocycles. The molecule has 3 heteroatoms. The summed E-state index contributed by atoms with van der Waals surface area (Å²) in [7, 11) is 0. The van der Waals surface area contributed by atoms with Crippen molar-refractivity contribution in [3.63, 3.8) is 0 Å². The van der Waals surface area contributed by atoms with Crippen LogP contribution in [0.3, 0.4) is 0 Å². The van der Waals surface area contributed by atoms with E-state index >= 15 is 0 Å². The van der Waals surface area contributed by atoms with Crippen molar-refractivity contribution < 1.29 is 10.2 Å². The minimum Gasteiger partial charge on any atom is -0.507 e. The Bertz CT molecular complexity index is 1100. The van der Waals surface area contributed by atoms with Crippen LogP contribution in [0.4, 0.5) is 5.69 Å². The Labute approximate surface area is 173 Å². The maximum Gasteiger partial charge on any atom is 0.144 e. The van der Waals surface area contributed by atoms with Crippen molar-refractivity contribution in [1.82, 2.24) is 0 Å². The molecule has 152 valence electrons. The van der Waals surface area contributed by atoms with Crippen LogP contribution in [0.5, 0.6) is 11.5 Å². The minimum atomic E-state index is -0.214. The van der Waals surface area contributed by atoms with Crippen molar-refractivity contribution in [1.29, 1.82) is 0 Å². The zero-order chi connectivity index (χ0) is 21.6. The number of fused-ring (bicyclic) bond motifs is 1. The molecule has 0 spiro atoms. The van der Waals surface area contributed by atoms with Crippen molar-refractivity contribution in [2.24, 2.45) is 4.99 Å². The van der Waals surface area contributed by atoms with Crippen LogP contribution in [0.1, 0.15) is 65.2 Å². The molecule has 29 heavy (non-hydrogen) atoms. The van der Waals surface area contributed by atoms with Gasteiger partial charge in [0, 0.05) is 22.2 Å². The van der Waals surface area contributed by atoms with Gasteiger partial charge in [-0.1, -0.05) is 77.9 Å². The summed E-state index contributed by atoms with van der Waals surface area (Å²) in [5.74, 6) is 0.414. The first-order chi connectivity index (χ1) is 13.4. The summed E-state index contributed by atoms with van der Waals surface area (Å²) >= 11 is 0. The quantitative estimate of drug-likeness (QED) is 0.464. The molecule has 0 atom stereocenters. The number of aromatic hydroxyl groups is 2. The predicted octanol–water partition coefficient (Wildman–Crippen LogP) is 6.99. The number of rotatable bonds is 2. The van der Waals surface area contributed by atoms with Gasteiger partial charge in [-0.3, -0.25) is 0 Å². The standard InChI is InChI=1S/C26H31NO2/c1-16(19-13-12-17-10-8-9-11-20(17)23(19)28)27-22-15-18(25(2,3)4)14-21(24(22)29)26(5,6)7/h8-15,28-29H,1-7H3. The van der Waals surface area contributed by atoms with Crippen LogP contribution < -0.4 is 0 Å². The summed E-state index contributed by atoms with van der Waals surface area (Å²) in [6.07, 6.45) is 0. The van der Waals surface area contributed by atoms with Crippen molar-refractivity contribution >= 4 is 22.2 Å². The van der Waals surface area contributed by atoms with Crippen molar-refractivity contribution in [3.8, 4) is 11.5 Å². The summed E-state index contributed by atoms with van der Waals surface area (Å²) < 4.78 is 0. The fraction of sp³-hybridized carbons (Fsp3) is 0.346. The first-order valence-electron chi connectivity index (χ1n) is 10.0. The average molecular weight is 390 g/mol. The van der Waals surface area contributed by atoms with Gasteiger partial charge < -0.3 is 10.2 Å². The van der Waals surface area contributed by atoms with Crippen LogP contribution in [-0.2, 0) is 10.8 Å². The maximum absolute atomic E-state index is 11.0. The minimum absolute atomic E-state index is 0.0725. The summed E-state index contributed by atoms with van der Waals surface area (Å²) in [6, 6.07) is 15.6. The van der Waals surface area contributed by atoms with Gasteiger partial charge in [-0.2, -0.15) is 0 Å². The van der Waals surface area contributed by atoms with E-state index in [-0.39, 0.29) is 22.3 Å². The Morgan fingerprint density at radius 2 is 1.45 bits per heavy atom. The van der Waals surface area contributed by atoms with E-state index in [1.54, 1.807) is 0 Å². The van der Waals surface area contributed by atoms with Gasteiger partial charge in [0.1, 0.15) is 17.2 Å². The fourth-order valence-electron chi connectivity index (χ4n) is 3.50. The highest BCUT2D eigenvalue weighted by atomic mass is 16.3. The molecule has 0 bridgehead atoms. The largest absolute Gasteiger partial charge is 0.507 e. The molecule has 0 unspecified atom stereocenters. The van der Waals surface area contributed by atoms with Gasteiger partial charge in [-0.15, -0.1) is 0 Å². The highest BCUT2D eigenvalue weighted by Gasteiger charge is 2.25. The SMILES string of the molecule is CC(=Nc1cc(C(C)(C)C)cc(C(C)(C)C)c1O)c1ccc2ccccc2c1O. The summed E-state index contributed by atoms with van der Waals surface area (Å²) in [5.41, 5.74) is 3.57. The Morgan fingerprint density at radius 1 is 0.793 bits per heavy atom. The number of aliphatic imine (C=N–C) groups is 1. The van der Waals surface area contributed by atoms with Gasteiger partial charge >= 0.3 is 0 Å². The van der Waals surface area contributed by atoms with Gasteiger partial charge in [0.05, 0.1) is 0 Å². The number of nitrogens with zero attached hydrogens (tertiary/aromatic N) is 1. The smallest absolute Gasteiger partial charge is 0.144 e. The number of hydrogen-bond acceptors (Lipinski definition) is 3. The lowest BCUT2D eigenvalue weighted by Gasteiger charge is -2.26. The third kappa shape index (κ3) is 4.14. The average Bonchev–Trinajstić information content (AvgIpc) is 2.61. The molecule has 0 amide bonds. The van der Waals surface area contributed by atoms with Gasteiger partial charge in [0.15, 0.2) is 0 Å². The third-order valence-electron chi connectivity index (χ3n) is 5.34. The first kappa shape index (κ1) is 20.9. The molecule has 3 nitrogen and oxygen atoms in total. The van der Waals surface area contributed by atoms with Crippen LogP contribution >= 0.6 is 0 Å². The maximum atomic E-state index is 11.0. The molecule has 0 aliphatic rings. The summed E-state index contributed by atoms with van der Waals surface area (Å²) in [4.78, 5) is 4.75. The summed E-state index contributed by atoms with van der Waals surface area (Å²) in [6.45, 7) is 14.6. The molecule has 3 rings (SSSR count). The van der Waals surface area contributed by atoms with Gasteiger partial charge in [-0.25, -0.2) is 4.99 Å². The van der Waals surface area contributed by atoms with E-state index in [1.165, 1.54) is 0 Å². The molecular weight excluding hydrogens is 358 g/mol. The van der Waals surface area contributed by atoms with Crippen molar-refractivity contribution in [2.45, 2.75) is 59.3 Å². The van der Waals surface area contributed by atoms with Crippen molar-refractivity contribution in [3.05, 3.63) is 65.2 Å². The van der Waals surface area contributed by atoms with Gasteiger partial charge in [-0.05, 0) is 40.8 Å². The molecule has 3 aromatic carbocycles. The Kier molecular flexibility index (Phi) is 5.20.